The molecule has 5 heteroatoms. The van der Waals surface area contributed by atoms with Gasteiger partial charge >= 0.3 is 5.97 Å². The van der Waals surface area contributed by atoms with E-state index in [0.717, 1.165) is 21.9 Å². The van der Waals surface area contributed by atoms with Crippen LogP contribution in [0.5, 0.6) is 5.75 Å². The van der Waals surface area contributed by atoms with Gasteiger partial charge in [0.25, 0.3) is 0 Å². The van der Waals surface area contributed by atoms with E-state index >= 15 is 0 Å². The summed E-state index contributed by atoms with van der Waals surface area (Å²) < 4.78 is 25.1. The summed E-state index contributed by atoms with van der Waals surface area (Å²) in [5, 5.41) is 1.62. The van der Waals surface area contributed by atoms with Crippen LogP contribution in [0.1, 0.15) is 32.9 Å². The minimum Gasteiger partial charge on any atom is -0.486 e. The number of methoxy groups -OCH3 is 1. The van der Waals surface area contributed by atoms with E-state index in [4.69, 9.17) is 9.47 Å². The Hall–Kier alpha value is -3.73. The first-order chi connectivity index (χ1) is 15.1. The van der Waals surface area contributed by atoms with Gasteiger partial charge in [-0.2, -0.15) is 0 Å². The SMILES string of the molecule is COC(=O)c1nc(C)c2cc(Cc3ccccc3F)ccc2c1OCc1ccccc1. The van der Waals surface area contributed by atoms with E-state index in [2.05, 4.69) is 4.98 Å². The Morgan fingerprint density at radius 3 is 2.42 bits per heavy atom. The molecule has 4 rings (SSSR count). The van der Waals surface area contributed by atoms with Crippen LogP contribution in [0.2, 0.25) is 0 Å². The maximum atomic E-state index is 14.1. The van der Waals surface area contributed by atoms with Crippen molar-refractivity contribution in [1.29, 1.82) is 0 Å². The van der Waals surface area contributed by atoms with Gasteiger partial charge in [0.1, 0.15) is 12.4 Å². The normalized spacial score (nSPS) is 10.8. The lowest BCUT2D eigenvalue weighted by Crippen LogP contribution is -2.10. The Labute approximate surface area is 180 Å². The number of halogens is 1. The number of nitrogens with zero attached hydrogens (tertiary/aromatic N) is 1. The van der Waals surface area contributed by atoms with Crippen molar-refractivity contribution in [2.75, 3.05) is 7.11 Å². The van der Waals surface area contributed by atoms with Crippen molar-refractivity contribution in [3.8, 4) is 5.75 Å². The fourth-order valence-corrected chi connectivity index (χ4v) is 3.58. The molecule has 1 aromatic heterocycles. The van der Waals surface area contributed by atoms with E-state index in [1.54, 1.807) is 12.1 Å². The summed E-state index contributed by atoms with van der Waals surface area (Å²) in [4.78, 5) is 16.9. The summed E-state index contributed by atoms with van der Waals surface area (Å²) >= 11 is 0. The molecule has 3 aromatic carbocycles. The molecule has 0 spiro atoms. The second-order valence-electron chi connectivity index (χ2n) is 7.29. The van der Waals surface area contributed by atoms with E-state index in [1.807, 2.05) is 61.5 Å². The fourth-order valence-electron chi connectivity index (χ4n) is 3.58. The topological polar surface area (TPSA) is 48.4 Å². The van der Waals surface area contributed by atoms with Gasteiger partial charge in [-0.3, -0.25) is 0 Å². The highest BCUT2D eigenvalue weighted by Crippen LogP contribution is 2.33. The first kappa shape index (κ1) is 20.5. The van der Waals surface area contributed by atoms with Gasteiger partial charge in [0.2, 0.25) is 0 Å². The summed E-state index contributed by atoms with van der Waals surface area (Å²) in [7, 11) is 1.32. The number of benzene rings is 3. The molecule has 31 heavy (non-hydrogen) atoms. The molecular formula is C26H22FNO3. The zero-order valence-corrected chi connectivity index (χ0v) is 17.4. The molecule has 0 bridgehead atoms. The van der Waals surface area contributed by atoms with Crippen LogP contribution in [-0.4, -0.2) is 18.1 Å². The van der Waals surface area contributed by atoms with Crippen molar-refractivity contribution in [3.05, 3.63) is 107 Å². The second-order valence-corrected chi connectivity index (χ2v) is 7.29. The zero-order valence-electron chi connectivity index (χ0n) is 17.4. The number of rotatable bonds is 6. The molecule has 0 radical (unpaired) electrons. The van der Waals surface area contributed by atoms with Crippen LogP contribution in [0.25, 0.3) is 10.8 Å². The predicted octanol–water partition coefficient (Wildman–Crippen LogP) is 5.64. The summed E-state index contributed by atoms with van der Waals surface area (Å²) in [5.41, 5.74) is 3.37. The summed E-state index contributed by atoms with van der Waals surface area (Å²) in [6.45, 7) is 2.13. The molecule has 156 valence electrons. The average molecular weight is 415 g/mol. The average Bonchev–Trinajstić information content (AvgIpc) is 2.80. The largest absolute Gasteiger partial charge is 0.486 e. The monoisotopic (exact) mass is 415 g/mol. The van der Waals surface area contributed by atoms with Gasteiger partial charge < -0.3 is 9.47 Å². The van der Waals surface area contributed by atoms with Gasteiger partial charge in [-0.15, -0.1) is 0 Å². The van der Waals surface area contributed by atoms with Gasteiger partial charge in [-0.05, 0) is 35.7 Å². The number of hydrogen-bond donors (Lipinski definition) is 0. The van der Waals surface area contributed by atoms with Crippen LogP contribution >= 0.6 is 0 Å². The predicted molar refractivity (Wildman–Crippen MR) is 118 cm³/mol. The maximum Gasteiger partial charge on any atom is 0.360 e. The van der Waals surface area contributed by atoms with Gasteiger partial charge in [-0.25, -0.2) is 14.2 Å². The summed E-state index contributed by atoms with van der Waals surface area (Å²) in [6.07, 6.45) is 0.459. The number of carbonyl (C=O) groups is 1. The van der Waals surface area contributed by atoms with Crippen LogP contribution in [0.4, 0.5) is 4.39 Å². The van der Waals surface area contributed by atoms with Crippen LogP contribution in [-0.2, 0) is 17.8 Å². The fraction of sp³-hybridized carbons (Fsp3) is 0.154. The Balaban J connectivity index is 1.76. The standard InChI is InChI=1S/C26H22FNO3/c1-17-22-15-19(14-20-10-6-7-11-23(20)27)12-13-21(22)25(24(28-17)26(29)30-2)31-16-18-8-4-3-5-9-18/h3-13,15H,14,16H2,1-2H3. The second kappa shape index (κ2) is 8.96. The molecule has 0 atom stereocenters. The number of aryl methyl sites for hydroxylation is 1. The Morgan fingerprint density at radius 1 is 0.935 bits per heavy atom. The number of fused-ring (bicyclic) bond motifs is 1. The first-order valence-corrected chi connectivity index (χ1v) is 9.98. The van der Waals surface area contributed by atoms with Crippen molar-refractivity contribution in [2.45, 2.75) is 20.0 Å². The van der Waals surface area contributed by atoms with Gasteiger partial charge in [-0.1, -0.05) is 60.7 Å². The first-order valence-electron chi connectivity index (χ1n) is 9.98. The number of hydrogen-bond acceptors (Lipinski definition) is 4. The smallest absolute Gasteiger partial charge is 0.360 e. The van der Waals surface area contributed by atoms with Crippen LogP contribution in [0.15, 0.2) is 72.8 Å². The molecule has 0 N–H and O–H groups in total. The minimum atomic E-state index is -0.552. The molecule has 0 amide bonds. The molecule has 0 aliphatic carbocycles. The molecule has 4 aromatic rings. The number of pyridine rings is 1. The molecule has 0 unspecified atom stereocenters. The molecule has 0 saturated heterocycles. The quantitative estimate of drug-likeness (QED) is 0.383. The number of carbonyl (C=O) groups excluding carboxylic acids is 1. The van der Waals surface area contributed by atoms with Gasteiger partial charge in [0.05, 0.1) is 7.11 Å². The summed E-state index contributed by atoms with van der Waals surface area (Å²) in [6, 6.07) is 22.2. The molecule has 0 fully saturated rings. The molecule has 4 nitrogen and oxygen atoms in total. The Morgan fingerprint density at radius 2 is 1.68 bits per heavy atom. The van der Waals surface area contributed by atoms with Crippen molar-refractivity contribution in [2.24, 2.45) is 0 Å². The lowest BCUT2D eigenvalue weighted by atomic mass is 9.99. The van der Waals surface area contributed by atoms with Gasteiger partial charge in [0.15, 0.2) is 11.4 Å². The molecule has 0 saturated carbocycles. The molecular weight excluding hydrogens is 393 g/mol. The van der Waals surface area contributed by atoms with E-state index < -0.39 is 5.97 Å². The van der Waals surface area contributed by atoms with Crippen LogP contribution in [0.3, 0.4) is 0 Å². The minimum absolute atomic E-state index is 0.144. The molecule has 1 heterocycles. The summed E-state index contributed by atoms with van der Waals surface area (Å²) in [5.74, 6) is -0.400. The van der Waals surface area contributed by atoms with Crippen LogP contribution < -0.4 is 4.74 Å². The number of aromatic nitrogens is 1. The van der Waals surface area contributed by atoms with E-state index in [0.29, 0.717) is 30.0 Å². The molecule has 0 aliphatic rings. The molecule has 0 aliphatic heterocycles. The third-order valence-corrected chi connectivity index (χ3v) is 5.17. The third-order valence-electron chi connectivity index (χ3n) is 5.17. The van der Waals surface area contributed by atoms with E-state index in [9.17, 15) is 9.18 Å². The maximum absolute atomic E-state index is 14.1. The zero-order chi connectivity index (χ0) is 21.8. The lowest BCUT2D eigenvalue weighted by molar-refractivity contribution is 0.0588. The highest BCUT2D eigenvalue weighted by Gasteiger charge is 2.21. The number of ether oxygens (including phenoxy) is 2. The number of esters is 1. The third kappa shape index (κ3) is 4.40. The Kier molecular flexibility index (Phi) is 5.94. The van der Waals surface area contributed by atoms with Gasteiger partial charge in [0, 0.05) is 22.9 Å². The Bertz CT molecular complexity index is 1240. The van der Waals surface area contributed by atoms with E-state index in [1.165, 1.54) is 13.2 Å². The highest BCUT2D eigenvalue weighted by molar-refractivity contribution is 6.00. The van der Waals surface area contributed by atoms with Crippen LogP contribution in [0, 0.1) is 12.7 Å². The highest BCUT2D eigenvalue weighted by atomic mass is 19.1. The van der Waals surface area contributed by atoms with Crippen molar-refractivity contribution in [3.63, 3.8) is 0 Å². The van der Waals surface area contributed by atoms with Crippen molar-refractivity contribution in [1.82, 2.24) is 4.98 Å². The van der Waals surface area contributed by atoms with E-state index in [-0.39, 0.29) is 11.5 Å². The van der Waals surface area contributed by atoms with Crippen molar-refractivity contribution >= 4 is 16.7 Å². The lowest BCUT2D eigenvalue weighted by Gasteiger charge is -2.15. The van der Waals surface area contributed by atoms with Crippen molar-refractivity contribution < 1.29 is 18.7 Å².